The van der Waals surface area contributed by atoms with E-state index in [0.29, 0.717) is 5.56 Å². The molecule has 0 aliphatic carbocycles. The van der Waals surface area contributed by atoms with Gasteiger partial charge in [0.2, 0.25) is 5.91 Å². The van der Waals surface area contributed by atoms with E-state index in [4.69, 9.17) is 4.74 Å². The number of methoxy groups -OCH3 is 1. The number of nitro groups is 1. The normalized spacial score (nSPS) is 13.0. The first kappa shape index (κ1) is 19.6. The molecule has 0 radical (unpaired) electrons. The molecule has 1 aromatic carbocycles. The van der Waals surface area contributed by atoms with Gasteiger partial charge in [-0.05, 0) is 13.3 Å². The first-order valence-corrected chi connectivity index (χ1v) is 7.91. The monoisotopic (exact) mass is 336 g/mol. The number of esters is 1. The molecule has 2 unspecified atom stereocenters. The van der Waals surface area contributed by atoms with Crippen LogP contribution in [0.3, 0.4) is 0 Å². The molecule has 0 N–H and O–H groups in total. The molecule has 1 rings (SSSR count). The van der Waals surface area contributed by atoms with Crippen LogP contribution >= 0.6 is 0 Å². The van der Waals surface area contributed by atoms with Crippen LogP contribution in [0.1, 0.15) is 32.8 Å². The van der Waals surface area contributed by atoms with Gasteiger partial charge >= 0.3 is 5.97 Å². The van der Waals surface area contributed by atoms with E-state index in [1.165, 1.54) is 13.2 Å². The van der Waals surface area contributed by atoms with Crippen molar-refractivity contribution in [2.75, 3.05) is 13.7 Å². The molecule has 0 aliphatic rings. The first-order chi connectivity index (χ1) is 11.3. The summed E-state index contributed by atoms with van der Waals surface area (Å²) in [5.74, 6) is -1.09. The smallest absolute Gasteiger partial charge is 0.310 e. The summed E-state index contributed by atoms with van der Waals surface area (Å²) in [6, 6.07) is 6.12. The second kappa shape index (κ2) is 9.00. The van der Waals surface area contributed by atoms with Gasteiger partial charge in [0, 0.05) is 24.2 Å². The highest BCUT2D eigenvalue weighted by molar-refractivity contribution is 5.81. The maximum Gasteiger partial charge on any atom is 0.310 e. The molecule has 132 valence electrons. The standard InChI is InChI=1S/C17H24N2O5/c1-5-13(3)18(11-12(2)17(21)24-4)16(20)10-14-8-6-7-9-15(14)19(22)23/h6-9,12-13H,5,10-11H2,1-4H3. The summed E-state index contributed by atoms with van der Waals surface area (Å²) in [6.07, 6.45) is 0.645. The van der Waals surface area contributed by atoms with Crippen molar-refractivity contribution >= 4 is 17.6 Å². The maximum absolute atomic E-state index is 12.7. The molecule has 0 aliphatic heterocycles. The van der Waals surface area contributed by atoms with Crippen molar-refractivity contribution in [1.29, 1.82) is 0 Å². The highest BCUT2D eigenvalue weighted by atomic mass is 16.6. The third-order valence-corrected chi connectivity index (χ3v) is 4.05. The van der Waals surface area contributed by atoms with Crippen LogP contribution in [-0.2, 0) is 20.7 Å². The van der Waals surface area contributed by atoms with Gasteiger partial charge in [-0.2, -0.15) is 0 Å². The molecule has 0 saturated carbocycles. The van der Waals surface area contributed by atoms with Gasteiger partial charge in [0.25, 0.3) is 5.69 Å². The SMILES string of the molecule is CCC(C)N(CC(C)C(=O)OC)C(=O)Cc1ccccc1[N+](=O)[O-]. The molecule has 7 nitrogen and oxygen atoms in total. The summed E-state index contributed by atoms with van der Waals surface area (Å²) in [5.41, 5.74) is 0.294. The molecule has 1 aromatic rings. The lowest BCUT2D eigenvalue weighted by molar-refractivity contribution is -0.385. The summed E-state index contributed by atoms with van der Waals surface area (Å²) in [7, 11) is 1.31. The van der Waals surface area contributed by atoms with Gasteiger partial charge in [0.05, 0.1) is 24.4 Å². The number of benzene rings is 1. The number of carbonyl (C=O) groups is 2. The van der Waals surface area contributed by atoms with Crippen LogP contribution in [0, 0.1) is 16.0 Å². The zero-order chi connectivity index (χ0) is 18.3. The summed E-state index contributed by atoms with van der Waals surface area (Å²) in [5, 5.41) is 11.1. The number of para-hydroxylation sites is 1. The number of rotatable bonds is 8. The average molecular weight is 336 g/mol. The van der Waals surface area contributed by atoms with Crippen LogP contribution in [0.25, 0.3) is 0 Å². The number of nitrogens with zero attached hydrogens (tertiary/aromatic N) is 2. The van der Waals surface area contributed by atoms with Crippen molar-refractivity contribution in [2.45, 2.75) is 39.7 Å². The van der Waals surface area contributed by atoms with Gasteiger partial charge in [-0.1, -0.05) is 32.0 Å². The van der Waals surface area contributed by atoms with Gasteiger partial charge in [-0.3, -0.25) is 19.7 Å². The third kappa shape index (κ3) is 5.04. The molecule has 0 spiro atoms. The molecule has 0 fully saturated rings. The van der Waals surface area contributed by atoms with E-state index < -0.39 is 10.8 Å². The first-order valence-electron chi connectivity index (χ1n) is 7.91. The number of ether oxygens (including phenoxy) is 1. The molecule has 1 amide bonds. The van der Waals surface area contributed by atoms with E-state index in [-0.39, 0.29) is 36.6 Å². The van der Waals surface area contributed by atoms with Crippen LogP contribution < -0.4 is 0 Å². The minimum atomic E-state index is -0.493. The van der Waals surface area contributed by atoms with Crippen LogP contribution in [0.2, 0.25) is 0 Å². The average Bonchev–Trinajstić information content (AvgIpc) is 2.58. The topological polar surface area (TPSA) is 89.8 Å². The van der Waals surface area contributed by atoms with E-state index in [1.807, 2.05) is 13.8 Å². The molecule has 0 aromatic heterocycles. The van der Waals surface area contributed by atoms with Crippen molar-refractivity contribution in [3.05, 3.63) is 39.9 Å². The Morgan fingerprint density at radius 3 is 2.46 bits per heavy atom. The molecular formula is C17H24N2O5. The Morgan fingerprint density at radius 1 is 1.29 bits per heavy atom. The number of nitro benzene ring substituents is 1. The van der Waals surface area contributed by atoms with Crippen LogP contribution in [0.4, 0.5) is 5.69 Å². The second-order valence-corrected chi connectivity index (χ2v) is 5.79. The Bertz CT molecular complexity index is 602. The maximum atomic E-state index is 12.7. The summed E-state index contributed by atoms with van der Waals surface area (Å²) < 4.78 is 4.71. The molecule has 0 bridgehead atoms. The van der Waals surface area contributed by atoms with Crippen LogP contribution in [-0.4, -0.2) is 41.4 Å². The number of hydrogen-bond donors (Lipinski definition) is 0. The number of hydrogen-bond acceptors (Lipinski definition) is 5. The number of carbonyl (C=O) groups excluding carboxylic acids is 2. The van der Waals surface area contributed by atoms with Gasteiger partial charge in [-0.15, -0.1) is 0 Å². The fourth-order valence-electron chi connectivity index (χ4n) is 2.42. The molecule has 24 heavy (non-hydrogen) atoms. The van der Waals surface area contributed by atoms with Crippen molar-refractivity contribution in [3.63, 3.8) is 0 Å². The molecule has 2 atom stereocenters. The number of amides is 1. The van der Waals surface area contributed by atoms with Gasteiger partial charge in [-0.25, -0.2) is 0 Å². The largest absolute Gasteiger partial charge is 0.469 e. The highest BCUT2D eigenvalue weighted by Crippen LogP contribution is 2.20. The lowest BCUT2D eigenvalue weighted by atomic mass is 10.1. The lowest BCUT2D eigenvalue weighted by Gasteiger charge is -2.30. The Hall–Kier alpha value is -2.44. The van der Waals surface area contributed by atoms with Crippen molar-refractivity contribution in [3.8, 4) is 0 Å². The zero-order valence-electron chi connectivity index (χ0n) is 14.5. The Balaban J connectivity index is 2.97. The molecular weight excluding hydrogens is 312 g/mol. The second-order valence-electron chi connectivity index (χ2n) is 5.79. The quantitative estimate of drug-likeness (QED) is 0.413. The summed E-state index contributed by atoms with van der Waals surface area (Å²) in [6.45, 7) is 5.75. The molecule has 0 saturated heterocycles. The Kier molecular flexibility index (Phi) is 7.35. The summed E-state index contributed by atoms with van der Waals surface area (Å²) >= 11 is 0. The highest BCUT2D eigenvalue weighted by Gasteiger charge is 2.26. The zero-order valence-corrected chi connectivity index (χ0v) is 14.5. The van der Waals surface area contributed by atoms with Crippen molar-refractivity contribution < 1.29 is 19.2 Å². The third-order valence-electron chi connectivity index (χ3n) is 4.05. The predicted octanol–water partition coefficient (Wildman–Crippen LogP) is 2.57. The molecule has 0 heterocycles. The van der Waals surface area contributed by atoms with Crippen molar-refractivity contribution in [2.24, 2.45) is 5.92 Å². The Morgan fingerprint density at radius 2 is 1.92 bits per heavy atom. The minimum absolute atomic E-state index is 0.0732. The van der Waals surface area contributed by atoms with Gasteiger partial charge in [0.1, 0.15) is 0 Å². The van der Waals surface area contributed by atoms with E-state index in [9.17, 15) is 19.7 Å². The fourth-order valence-corrected chi connectivity index (χ4v) is 2.42. The lowest BCUT2D eigenvalue weighted by Crippen LogP contribution is -2.43. The van der Waals surface area contributed by atoms with E-state index >= 15 is 0 Å². The van der Waals surface area contributed by atoms with E-state index in [1.54, 1.807) is 30.0 Å². The molecule has 7 heteroatoms. The van der Waals surface area contributed by atoms with Gasteiger partial charge in [0.15, 0.2) is 0 Å². The van der Waals surface area contributed by atoms with Crippen LogP contribution in [0.5, 0.6) is 0 Å². The van der Waals surface area contributed by atoms with E-state index in [0.717, 1.165) is 6.42 Å². The predicted molar refractivity (Wildman–Crippen MR) is 89.4 cm³/mol. The van der Waals surface area contributed by atoms with E-state index in [2.05, 4.69) is 0 Å². The summed E-state index contributed by atoms with van der Waals surface area (Å²) in [4.78, 5) is 36.5. The van der Waals surface area contributed by atoms with Crippen LogP contribution in [0.15, 0.2) is 24.3 Å². The van der Waals surface area contributed by atoms with Gasteiger partial charge < -0.3 is 9.64 Å². The fraction of sp³-hybridized carbons (Fsp3) is 0.529. The minimum Gasteiger partial charge on any atom is -0.469 e. The van der Waals surface area contributed by atoms with Crippen molar-refractivity contribution in [1.82, 2.24) is 4.90 Å². The Labute approximate surface area is 141 Å².